The Morgan fingerprint density at radius 3 is 2.78 bits per heavy atom. The quantitative estimate of drug-likeness (QED) is 0.807. The molecule has 0 aliphatic carbocycles. The Hall–Kier alpha value is -1.10. The molecule has 4 heteroatoms. The van der Waals surface area contributed by atoms with Crippen LogP contribution in [0.25, 0.3) is 0 Å². The number of rotatable bonds is 4. The molecule has 0 bridgehead atoms. The van der Waals surface area contributed by atoms with Gasteiger partial charge in [0.1, 0.15) is 12.4 Å². The van der Waals surface area contributed by atoms with Crippen molar-refractivity contribution < 1.29 is 14.2 Å². The van der Waals surface area contributed by atoms with Gasteiger partial charge in [-0.05, 0) is 23.3 Å². The molecule has 0 saturated carbocycles. The molecule has 0 aromatic heterocycles. The van der Waals surface area contributed by atoms with Gasteiger partial charge in [-0.25, -0.2) is 0 Å². The van der Waals surface area contributed by atoms with E-state index in [1.807, 2.05) is 6.07 Å². The highest BCUT2D eigenvalue weighted by Gasteiger charge is 2.12. The number of ether oxygens (including phenoxy) is 3. The van der Waals surface area contributed by atoms with Crippen LogP contribution in [0, 0.1) is 0 Å². The van der Waals surface area contributed by atoms with Crippen molar-refractivity contribution in [3.8, 4) is 5.75 Å². The molecule has 1 saturated heterocycles. The first-order chi connectivity index (χ1) is 8.92. The van der Waals surface area contributed by atoms with E-state index < -0.39 is 0 Å². The van der Waals surface area contributed by atoms with Crippen molar-refractivity contribution in [1.82, 2.24) is 4.90 Å². The maximum atomic E-state index is 5.80. The van der Waals surface area contributed by atoms with Crippen molar-refractivity contribution in [1.29, 1.82) is 0 Å². The fourth-order valence-electron chi connectivity index (χ4n) is 2.36. The molecule has 0 unspecified atom stereocenters. The van der Waals surface area contributed by atoms with Gasteiger partial charge in [0, 0.05) is 19.6 Å². The third-order valence-electron chi connectivity index (χ3n) is 3.47. The highest BCUT2D eigenvalue weighted by molar-refractivity contribution is 5.36. The Balaban J connectivity index is 1.48. The predicted octanol–water partition coefficient (Wildman–Crippen LogP) is 1.43. The minimum Gasteiger partial charge on any atom is -0.492 e. The second-order valence-electron chi connectivity index (χ2n) is 4.73. The molecule has 2 aliphatic rings. The molecular weight excluding hydrogens is 230 g/mol. The number of hydrogen-bond donors (Lipinski definition) is 0. The lowest BCUT2D eigenvalue weighted by Gasteiger charge is -2.26. The first-order valence-corrected chi connectivity index (χ1v) is 6.54. The lowest BCUT2D eigenvalue weighted by molar-refractivity contribution is 0.0322. The van der Waals surface area contributed by atoms with E-state index in [-0.39, 0.29) is 0 Å². The first-order valence-electron chi connectivity index (χ1n) is 6.54. The summed E-state index contributed by atoms with van der Waals surface area (Å²) in [5.41, 5.74) is 2.55. The van der Waals surface area contributed by atoms with Crippen LogP contribution in [0.15, 0.2) is 18.2 Å². The van der Waals surface area contributed by atoms with Gasteiger partial charge < -0.3 is 14.2 Å². The summed E-state index contributed by atoms with van der Waals surface area (Å²) in [7, 11) is 0. The fraction of sp³-hybridized carbons (Fsp3) is 0.571. The smallest absolute Gasteiger partial charge is 0.119 e. The van der Waals surface area contributed by atoms with Gasteiger partial charge in [-0.3, -0.25) is 4.90 Å². The van der Waals surface area contributed by atoms with Crippen molar-refractivity contribution >= 4 is 0 Å². The third-order valence-corrected chi connectivity index (χ3v) is 3.47. The van der Waals surface area contributed by atoms with E-state index in [0.29, 0.717) is 0 Å². The summed E-state index contributed by atoms with van der Waals surface area (Å²) in [5.74, 6) is 0.951. The second kappa shape index (κ2) is 5.69. The van der Waals surface area contributed by atoms with Crippen LogP contribution in [-0.2, 0) is 22.7 Å². The van der Waals surface area contributed by atoms with Gasteiger partial charge in [0.2, 0.25) is 0 Å². The number of benzene rings is 1. The van der Waals surface area contributed by atoms with Crippen LogP contribution in [0.3, 0.4) is 0 Å². The summed E-state index contributed by atoms with van der Waals surface area (Å²) in [6.07, 6.45) is 0. The standard InChI is InChI=1S/C14H19NO3/c1-2-14(9-13-11-17-10-12(1)13)18-8-5-15-3-6-16-7-4-15/h1-2,9H,3-8,10-11H2. The van der Waals surface area contributed by atoms with E-state index >= 15 is 0 Å². The molecule has 1 aromatic rings. The van der Waals surface area contributed by atoms with Gasteiger partial charge >= 0.3 is 0 Å². The molecule has 18 heavy (non-hydrogen) atoms. The lowest BCUT2D eigenvalue weighted by Crippen LogP contribution is -2.38. The largest absolute Gasteiger partial charge is 0.492 e. The minimum absolute atomic E-state index is 0.718. The summed E-state index contributed by atoms with van der Waals surface area (Å²) < 4.78 is 16.5. The van der Waals surface area contributed by atoms with E-state index in [9.17, 15) is 0 Å². The number of hydrogen-bond acceptors (Lipinski definition) is 4. The van der Waals surface area contributed by atoms with Crippen molar-refractivity contribution in [2.24, 2.45) is 0 Å². The summed E-state index contributed by atoms with van der Waals surface area (Å²) in [5, 5.41) is 0. The molecule has 3 rings (SSSR count). The maximum Gasteiger partial charge on any atom is 0.119 e. The Bertz CT molecular complexity index is 402. The highest BCUT2D eigenvalue weighted by atomic mass is 16.5. The van der Waals surface area contributed by atoms with Gasteiger partial charge in [-0.1, -0.05) is 6.07 Å². The highest BCUT2D eigenvalue weighted by Crippen LogP contribution is 2.24. The minimum atomic E-state index is 0.718. The molecule has 0 atom stereocenters. The molecule has 0 radical (unpaired) electrons. The molecule has 1 fully saturated rings. The molecule has 0 spiro atoms. The zero-order chi connectivity index (χ0) is 12.2. The van der Waals surface area contributed by atoms with E-state index in [1.54, 1.807) is 0 Å². The van der Waals surface area contributed by atoms with Crippen LogP contribution in [0.4, 0.5) is 0 Å². The normalized spacial score (nSPS) is 19.8. The molecule has 2 heterocycles. The van der Waals surface area contributed by atoms with E-state index in [2.05, 4.69) is 17.0 Å². The molecule has 4 nitrogen and oxygen atoms in total. The number of fused-ring (bicyclic) bond motifs is 1. The van der Waals surface area contributed by atoms with Crippen molar-refractivity contribution in [2.45, 2.75) is 13.2 Å². The van der Waals surface area contributed by atoms with Crippen LogP contribution in [0.2, 0.25) is 0 Å². The van der Waals surface area contributed by atoms with Crippen LogP contribution < -0.4 is 4.74 Å². The SMILES string of the molecule is c1cc2c(cc1OCCN1CCOCC1)COC2. The average molecular weight is 249 g/mol. The van der Waals surface area contributed by atoms with E-state index in [1.165, 1.54) is 11.1 Å². The maximum absolute atomic E-state index is 5.80. The molecule has 2 aliphatic heterocycles. The number of nitrogens with zero attached hydrogens (tertiary/aromatic N) is 1. The van der Waals surface area contributed by atoms with Crippen LogP contribution in [0.5, 0.6) is 5.75 Å². The van der Waals surface area contributed by atoms with E-state index in [0.717, 1.165) is 58.4 Å². The molecule has 98 valence electrons. The second-order valence-corrected chi connectivity index (χ2v) is 4.73. The zero-order valence-electron chi connectivity index (χ0n) is 10.6. The van der Waals surface area contributed by atoms with Crippen LogP contribution in [-0.4, -0.2) is 44.4 Å². The van der Waals surface area contributed by atoms with Crippen LogP contribution in [0.1, 0.15) is 11.1 Å². The Kier molecular flexibility index (Phi) is 3.78. The van der Waals surface area contributed by atoms with Crippen molar-refractivity contribution in [3.05, 3.63) is 29.3 Å². The molecule has 0 amide bonds. The Morgan fingerprint density at radius 1 is 1.06 bits per heavy atom. The third kappa shape index (κ3) is 2.83. The Labute approximate surface area is 107 Å². The summed E-state index contributed by atoms with van der Waals surface area (Å²) in [6, 6.07) is 6.24. The Morgan fingerprint density at radius 2 is 1.89 bits per heavy atom. The predicted molar refractivity (Wildman–Crippen MR) is 67.7 cm³/mol. The van der Waals surface area contributed by atoms with Crippen molar-refractivity contribution in [2.75, 3.05) is 39.5 Å². The fourth-order valence-corrected chi connectivity index (χ4v) is 2.36. The first kappa shape index (κ1) is 12.0. The van der Waals surface area contributed by atoms with E-state index in [4.69, 9.17) is 14.2 Å². The van der Waals surface area contributed by atoms with Gasteiger partial charge in [-0.2, -0.15) is 0 Å². The topological polar surface area (TPSA) is 30.9 Å². The van der Waals surface area contributed by atoms with Gasteiger partial charge in [0.15, 0.2) is 0 Å². The summed E-state index contributed by atoms with van der Waals surface area (Å²) in [4.78, 5) is 2.37. The van der Waals surface area contributed by atoms with Crippen molar-refractivity contribution in [3.63, 3.8) is 0 Å². The molecule has 0 N–H and O–H groups in total. The lowest BCUT2D eigenvalue weighted by atomic mass is 10.1. The van der Waals surface area contributed by atoms with Gasteiger partial charge in [-0.15, -0.1) is 0 Å². The average Bonchev–Trinajstić information content (AvgIpc) is 2.87. The number of morpholine rings is 1. The van der Waals surface area contributed by atoms with Gasteiger partial charge in [0.25, 0.3) is 0 Å². The summed E-state index contributed by atoms with van der Waals surface area (Å²) >= 11 is 0. The monoisotopic (exact) mass is 249 g/mol. The molecular formula is C14H19NO3. The zero-order valence-corrected chi connectivity index (χ0v) is 10.6. The molecule has 1 aromatic carbocycles. The van der Waals surface area contributed by atoms with Gasteiger partial charge in [0.05, 0.1) is 26.4 Å². The summed E-state index contributed by atoms with van der Waals surface area (Å²) in [6.45, 7) is 6.88. The van der Waals surface area contributed by atoms with Crippen LogP contribution >= 0.6 is 0 Å².